The first-order valence-corrected chi connectivity index (χ1v) is 5.09. The van der Waals surface area contributed by atoms with Crippen LogP contribution in [0.15, 0.2) is 30.9 Å². The van der Waals surface area contributed by atoms with Gasteiger partial charge in [-0.3, -0.25) is 4.79 Å². The van der Waals surface area contributed by atoms with E-state index in [-0.39, 0.29) is 18.3 Å². The second-order valence-electron chi connectivity index (χ2n) is 3.29. The van der Waals surface area contributed by atoms with Crippen molar-refractivity contribution in [3.8, 4) is 5.75 Å². The summed E-state index contributed by atoms with van der Waals surface area (Å²) < 4.78 is 30.6. The minimum absolute atomic E-state index is 0.148. The van der Waals surface area contributed by atoms with E-state index in [1.54, 1.807) is 6.08 Å². The van der Waals surface area contributed by atoms with Gasteiger partial charge in [-0.15, -0.1) is 6.58 Å². The normalized spacial score (nSPS) is 9.76. The van der Waals surface area contributed by atoms with Crippen LogP contribution in [0.5, 0.6) is 5.75 Å². The number of halogens is 2. The first-order chi connectivity index (χ1) is 8.13. The molecule has 0 unspecified atom stereocenters. The third kappa shape index (κ3) is 4.63. The molecule has 0 aromatic heterocycles. The van der Waals surface area contributed by atoms with E-state index in [0.717, 1.165) is 12.1 Å². The Labute approximate surface area is 98.1 Å². The van der Waals surface area contributed by atoms with Crippen LogP contribution in [0.1, 0.15) is 6.42 Å². The van der Waals surface area contributed by atoms with E-state index in [1.165, 1.54) is 0 Å². The quantitative estimate of drug-likeness (QED) is 0.611. The molecule has 17 heavy (non-hydrogen) atoms. The maximum absolute atomic E-state index is 13.1. The van der Waals surface area contributed by atoms with Gasteiger partial charge in [-0.25, -0.2) is 8.78 Å². The Balaban J connectivity index is 2.39. The standard InChI is InChI=1S/C12H13F2NO2/c1-2-3-6-15-12(16)8-17-11-5-4-9(13)7-10(11)14/h2,4-5,7H,1,3,6,8H2,(H,15,16). The first kappa shape index (κ1) is 13.2. The molecule has 1 amide bonds. The average molecular weight is 241 g/mol. The summed E-state index contributed by atoms with van der Waals surface area (Å²) in [6.07, 6.45) is 2.32. The van der Waals surface area contributed by atoms with Gasteiger partial charge >= 0.3 is 0 Å². The van der Waals surface area contributed by atoms with Crippen molar-refractivity contribution in [2.45, 2.75) is 6.42 Å². The lowest BCUT2D eigenvalue weighted by atomic mass is 10.3. The van der Waals surface area contributed by atoms with Gasteiger partial charge in [0.1, 0.15) is 5.82 Å². The molecule has 0 fully saturated rings. The summed E-state index contributed by atoms with van der Waals surface area (Å²) in [5, 5.41) is 2.55. The Morgan fingerprint density at radius 3 is 2.88 bits per heavy atom. The van der Waals surface area contributed by atoms with E-state index in [1.807, 2.05) is 0 Å². The molecule has 0 bridgehead atoms. The summed E-state index contributed by atoms with van der Waals surface area (Å²) in [5.74, 6) is -2.03. The monoisotopic (exact) mass is 241 g/mol. The molecule has 1 aromatic carbocycles. The van der Waals surface area contributed by atoms with Crippen LogP contribution in [0.2, 0.25) is 0 Å². The summed E-state index contributed by atoms with van der Waals surface area (Å²) in [4.78, 5) is 11.2. The molecule has 0 radical (unpaired) electrons. The molecule has 0 aliphatic heterocycles. The van der Waals surface area contributed by atoms with Crippen LogP contribution < -0.4 is 10.1 Å². The van der Waals surface area contributed by atoms with Crippen LogP contribution in [-0.4, -0.2) is 19.1 Å². The lowest BCUT2D eigenvalue weighted by Gasteiger charge is -2.07. The third-order valence-corrected chi connectivity index (χ3v) is 1.92. The molecule has 0 aliphatic carbocycles. The van der Waals surface area contributed by atoms with Gasteiger partial charge in [0.15, 0.2) is 18.2 Å². The molecule has 0 saturated carbocycles. The molecule has 0 aliphatic rings. The molecular formula is C12H13F2NO2. The molecule has 0 saturated heterocycles. The molecule has 0 heterocycles. The van der Waals surface area contributed by atoms with Crippen molar-refractivity contribution in [2.75, 3.05) is 13.2 Å². The van der Waals surface area contributed by atoms with Crippen molar-refractivity contribution < 1.29 is 18.3 Å². The highest BCUT2D eigenvalue weighted by Gasteiger charge is 2.07. The number of ether oxygens (including phenoxy) is 1. The molecule has 1 rings (SSSR count). The second-order valence-corrected chi connectivity index (χ2v) is 3.29. The van der Waals surface area contributed by atoms with E-state index in [0.29, 0.717) is 19.0 Å². The number of carbonyl (C=O) groups excluding carboxylic acids is 1. The maximum atomic E-state index is 13.1. The minimum atomic E-state index is -0.830. The Morgan fingerprint density at radius 2 is 2.24 bits per heavy atom. The highest BCUT2D eigenvalue weighted by molar-refractivity contribution is 5.77. The van der Waals surface area contributed by atoms with Crippen LogP contribution in [0.25, 0.3) is 0 Å². The van der Waals surface area contributed by atoms with E-state index < -0.39 is 11.6 Å². The maximum Gasteiger partial charge on any atom is 0.257 e. The summed E-state index contributed by atoms with van der Waals surface area (Å²) in [6.45, 7) is 3.65. The van der Waals surface area contributed by atoms with Crippen LogP contribution >= 0.6 is 0 Å². The van der Waals surface area contributed by atoms with Gasteiger partial charge in [-0.2, -0.15) is 0 Å². The number of nitrogens with one attached hydrogen (secondary N) is 1. The number of hydrogen-bond acceptors (Lipinski definition) is 2. The topological polar surface area (TPSA) is 38.3 Å². The Kier molecular flexibility index (Phi) is 5.13. The zero-order valence-electron chi connectivity index (χ0n) is 9.21. The second kappa shape index (κ2) is 6.62. The van der Waals surface area contributed by atoms with Crippen LogP contribution in [0, 0.1) is 11.6 Å². The molecule has 1 N–H and O–H groups in total. The minimum Gasteiger partial charge on any atom is -0.481 e. The molecule has 5 heteroatoms. The fourth-order valence-corrected chi connectivity index (χ4v) is 1.10. The Bertz CT molecular complexity index is 407. The predicted octanol–water partition coefficient (Wildman–Crippen LogP) is 2.04. The molecule has 1 aromatic rings. The zero-order valence-corrected chi connectivity index (χ0v) is 9.21. The van der Waals surface area contributed by atoms with Gasteiger partial charge in [0.2, 0.25) is 0 Å². The highest BCUT2D eigenvalue weighted by Crippen LogP contribution is 2.17. The van der Waals surface area contributed by atoms with E-state index in [2.05, 4.69) is 11.9 Å². The van der Waals surface area contributed by atoms with Crippen molar-refractivity contribution in [3.63, 3.8) is 0 Å². The molecule has 3 nitrogen and oxygen atoms in total. The number of carbonyl (C=O) groups is 1. The highest BCUT2D eigenvalue weighted by atomic mass is 19.1. The van der Waals surface area contributed by atoms with E-state index in [4.69, 9.17) is 4.74 Å². The fraction of sp³-hybridized carbons (Fsp3) is 0.250. The summed E-state index contributed by atoms with van der Waals surface area (Å²) in [7, 11) is 0. The molecule has 92 valence electrons. The number of amides is 1. The molecular weight excluding hydrogens is 228 g/mol. The van der Waals surface area contributed by atoms with Gasteiger partial charge < -0.3 is 10.1 Å². The first-order valence-electron chi connectivity index (χ1n) is 5.09. The van der Waals surface area contributed by atoms with E-state index in [9.17, 15) is 13.6 Å². The SMILES string of the molecule is C=CCCNC(=O)COc1ccc(F)cc1F. The van der Waals surface area contributed by atoms with Crippen LogP contribution in [0.3, 0.4) is 0 Å². The molecule has 0 atom stereocenters. The van der Waals surface area contributed by atoms with Crippen LogP contribution in [-0.2, 0) is 4.79 Å². The van der Waals surface area contributed by atoms with Crippen molar-refractivity contribution in [1.82, 2.24) is 5.32 Å². The summed E-state index contributed by atoms with van der Waals surface area (Å²) in [6, 6.07) is 2.90. The van der Waals surface area contributed by atoms with Gasteiger partial charge in [0.05, 0.1) is 0 Å². The van der Waals surface area contributed by atoms with Gasteiger partial charge in [-0.1, -0.05) is 6.08 Å². The van der Waals surface area contributed by atoms with Gasteiger partial charge in [-0.05, 0) is 18.6 Å². The van der Waals surface area contributed by atoms with Gasteiger partial charge in [0, 0.05) is 12.6 Å². The van der Waals surface area contributed by atoms with Crippen molar-refractivity contribution in [2.24, 2.45) is 0 Å². The Hall–Kier alpha value is -1.91. The zero-order chi connectivity index (χ0) is 12.7. The number of rotatable bonds is 6. The lowest BCUT2D eigenvalue weighted by Crippen LogP contribution is -2.29. The van der Waals surface area contributed by atoms with Crippen molar-refractivity contribution in [1.29, 1.82) is 0 Å². The largest absolute Gasteiger partial charge is 0.481 e. The summed E-state index contributed by atoms with van der Waals surface area (Å²) >= 11 is 0. The predicted molar refractivity (Wildman–Crippen MR) is 59.7 cm³/mol. The van der Waals surface area contributed by atoms with Crippen molar-refractivity contribution >= 4 is 5.91 Å². The van der Waals surface area contributed by atoms with Crippen molar-refractivity contribution in [3.05, 3.63) is 42.5 Å². The summed E-state index contributed by atoms with van der Waals surface area (Å²) in [5.41, 5.74) is 0. The number of benzene rings is 1. The molecule has 0 spiro atoms. The fourth-order valence-electron chi connectivity index (χ4n) is 1.10. The van der Waals surface area contributed by atoms with E-state index >= 15 is 0 Å². The average Bonchev–Trinajstić information content (AvgIpc) is 2.28. The third-order valence-electron chi connectivity index (χ3n) is 1.92. The van der Waals surface area contributed by atoms with Crippen LogP contribution in [0.4, 0.5) is 8.78 Å². The lowest BCUT2D eigenvalue weighted by molar-refractivity contribution is -0.123. The number of hydrogen-bond donors (Lipinski definition) is 1. The smallest absolute Gasteiger partial charge is 0.257 e. The van der Waals surface area contributed by atoms with Gasteiger partial charge in [0.25, 0.3) is 5.91 Å². The Morgan fingerprint density at radius 1 is 1.47 bits per heavy atom.